The van der Waals surface area contributed by atoms with Crippen molar-refractivity contribution < 1.29 is 0 Å². The van der Waals surface area contributed by atoms with Crippen LogP contribution < -0.4 is 0 Å². The van der Waals surface area contributed by atoms with E-state index >= 15 is 0 Å². The van der Waals surface area contributed by atoms with Gasteiger partial charge in [-0.25, -0.2) is 0 Å². The SMILES string of the molecule is CC(C)CCC(C)SC#N. The molecule has 0 aromatic carbocycles. The lowest BCUT2D eigenvalue weighted by atomic mass is 10.1. The summed E-state index contributed by atoms with van der Waals surface area (Å²) in [6, 6.07) is 0. The minimum Gasteiger partial charge on any atom is -0.185 e. The minimum atomic E-state index is 0.507. The van der Waals surface area contributed by atoms with E-state index in [0.717, 1.165) is 12.3 Å². The van der Waals surface area contributed by atoms with Gasteiger partial charge in [-0.15, -0.1) is 0 Å². The second-order valence-electron chi connectivity index (χ2n) is 2.99. The van der Waals surface area contributed by atoms with Gasteiger partial charge in [-0.05, 0) is 30.5 Å². The molecule has 0 radical (unpaired) electrons. The predicted octanol–water partition coefficient (Wildman–Crippen LogP) is 3.03. The fourth-order valence-corrected chi connectivity index (χ4v) is 1.15. The second kappa shape index (κ2) is 5.61. The van der Waals surface area contributed by atoms with E-state index < -0.39 is 0 Å². The van der Waals surface area contributed by atoms with Gasteiger partial charge in [0.05, 0.1) is 0 Å². The molecule has 0 bridgehead atoms. The lowest BCUT2D eigenvalue weighted by molar-refractivity contribution is 0.555. The molecule has 0 heterocycles. The molecule has 0 amide bonds. The molecule has 0 N–H and O–H groups in total. The maximum atomic E-state index is 8.31. The Hall–Kier alpha value is -0.160. The third-order valence-corrected chi connectivity index (χ3v) is 2.15. The molecule has 58 valence electrons. The molecule has 1 nitrogen and oxygen atoms in total. The van der Waals surface area contributed by atoms with E-state index in [-0.39, 0.29) is 0 Å². The van der Waals surface area contributed by atoms with Gasteiger partial charge in [0.1, 0.15) is 5.40 Å². The molecule has 0 aliphatic carbocycles. The summed E-state index contributed by atoms with van der Waals surface area (Å²) in [6.45, 7) is 6.53. The quantitative estimate of drug-likeness (QED) is 0.586. The van der Waals surface area contributed by atoms with Crippen LogP contribution in [-0.2, 0) is 0 Å². The first-order valence-electron chi connectivity index (χ1n) is 3.71. The van der Waals surface area contributed by atoms with E-state index in [4.69, 9.17) is 5.26 Å². The van der Waals surface area contributed by atoms with Gasteiger partial charge >= 0.3 is 0 Å². The summed E-state index contributed by atoms with van der Waals surface area (Å²) in [5, 5.41) is 10.9. The Labute approximate surface area is 67.8 Å². The molecule has 0 fully saturated rings. The molecule has 10 heavy (non-hydrogen) atoms. The first-order chi connectivity index (χ1) is 4.66. The highest BCUT2D eigenvalue weighted by Gasteiger charge is 2.02. The Morgan fingerprint density at radius 1 is 1.30 bits per heavy atom. The van der Waals surface area contributed by atoms with Crippen LogP contribution in [0.5, 0.6) is 0 Å². The molecule has 0 aromatic rings. The van der Waals surface area contributed by atoms with Gasteiger partial charge < -0.3 is 0 Å². The van der Waals surface area contributed by atoms with Crippen molar-refractivity contribution >= 4 is 11.8 Å². The number of thiocyanates is 1. The van der Waals surface area contributed by atoms with Crippen molar-refractivity contribution in [2.45, 2.75) is 38.9 Å². The molecule has 0 aliphatic heterocycles. The van der Waals surface area contributed by atoms with Crippen LogP contribution in [0.25, 0.3) is 0 Å². The summed E-state index contributed by atoms with van der Waals surface area (Å²) in [5.41, 5.74) is 0. The fourth-order valence-electron chi connectivity index (χ4n) is 0.717. The number of hydrogen-bond acceptors (Lipinski definition) is 2. The smallest absolute Gasteiger partial charge is 0.133 e. The van der Waals surface area contributed by atoms with Gasteiger partial charge in [-0.1, -0.05) is 20.8 Å². The van der Waals surface area contributed by atoms with E-state index in [2.05, 4.69) is 26.2 Å². The van der Waals surface area contributed by atoms with E-state index in [9.17, 15) is 0 Å². The minimum absolute atomic E-state index is 0.507. The number of rotatable bonds is 4. The summed E-state index contributed by atoms with van der Waals surface area (Å²) < 4.78 is 0. The molecule has 0 saturated carbocycles. The summed E-state index contributed by atoms with van der Waals surface area (Å²) in [4.78, 5) is 0. The van der Waals surface area contributed by atoms with Crippen LogP contribution in [0, 0.1) is 16.6 Å². The fraction of sp³-hybridized carbons (Fsp3) is 0.875. The third kappa shape index (κ3) is 5.97. The van der Waals surface area contributed by atoms with Gasteiger partial charge in [0.2, 0.25) is 0 Å². The number of nitrogens with zero attached hydrogens (tertiary/aromatic N) is 1. The van der Waals surface area contributed by atoms with Crippen LogP contribution in [0.2, 0.25) is 0 Å². The summed E-state index contributed by atoms with van der Waals surface area (Å²) in [6.07, 6.45) is 2.39. The van der Waals surface area contributed by atoms with Gasteiger partial charge in [-0.3, -0.25) is 0 Å². The molecule has 2 heteroatoms. The van der Waals surface area contributed by atoms with E-state index in [0.29, 0.717) is 5.25 Å². The van der Waals surface area contributed by atoms with Crippen LogP contribution in [0.1, 0.15) is 33.6 Å². The van der Waals surface area contributed by atoms with Crippen LogP contribution in [0.3, 0.4) is 0 Å². The van der Waals surface area contributed by atoms with Gasteiger partial charge in [0.15, 0.2) is 0 Å². The number of hydrogen-bond donors (Lipinski definition) is 0. The van der Waals surface area contributed by atoms with E-state index in [1.54, 1.807) is 0 Å². The highest BCUT2D eigenvalue weighted by atomic mass is 32.2. The van der Waals surface area contributed by atoms with E-state index in [1.165, 1.54) is 18.2 Å². The molecule has 1 unspecified atom stereocenters. The predicted molar refractivity (Wildman–Crippen MR) is 46.7 cm³/mol. The second-order valence-corrected chi connectivity index (χ2v) is 4.21. The Morgan fingerprint density at radius 2 is 1.90 bits per heavy atom. The lowest BCUT2D eigenvalue weighted by Gasteiger charge is -2.07. The molecule has 0 spiro atoms. The first-order valence-corrected chi connectivity index (χ1v) is 4.59. The zero-order valence-corrected chi connectivity index (χ0v) is 7.74. The summed E-state index contributed by atoms with van der Waals surface area (Å²) >= 11 is 1.38. The van der Waals surface area contributed by atoms with Crippen LogP contribution in [0.4, 0.5) is 0 Å². The Bertz CT molecular complexity index is 115. The molecule has 0 rings (SSSR count). The molecule has 0 aliphatic rings. The molecule has 0 aromatic heterocycles. The van der Waals surface area contributed by atoms with Crippen molar-refractivity contribution in [3.05, 3.63) is 0 Å². The molecular formula is C8H15NS. The highest BCUT2D eigenvalue weighted by molar-refractivity contribution is 8.04. The number of thioether (sulfide) groups is 1. The standard InChI is InChI=1S/C8H15NS/c1-7(2)4-5-8(3)10-6-9/h7-8H,4-5H2,1-3H3. The third-order valence-electron chi connectivity index (χ3n) is 1.40. The van der Waals surface area contributed by atoms with Crippen molar-refractivity contribution in [3.63, 3.8) is 0 Å². The Balaban J connectivity index is 3.23. The van der Waals surface area contributed by atoms with Crippen molar-refractivity contribution in [3.8, 4) is 5.40 Å². The van der Waals surface area contributed by atoms with Crippen molar-refractivity contribution in [1.82, 2.24) is 0 Å². The van der Waals surface area contributed by atoms with Crippen LogP contribution in [0.15, 0.2) is 0 Å². The molecule has 1 atom stereocenters. The largest absolute Gasteiger partial charge is 0.185 e. The Morgan fingerprint density at radius 3 is 2.30 bits per heavy atom. The summed E-state index contributed by atoms with van der Waals surface area (Å²) in [5.74, 6) is 0.766. The van der Waals surface area contributed by atoms with Crippen LogP contribution >= 0.6 is 11.8 Å². The van der Waals surface area contributed by atoms with Crippen molar-refractivity contribution in [2.24, 2.45) is 5.92 Å². The van der Waals surface area contributed by atoms with Gasteiger partial charge in [0, 0.05) is 5.25 Å². The monoisotopic (exact) mass is 157 g/mol. The van der Waals surface area contributed by atoms with Crippen molar-refractivity contribution in [2.75, 3.05) is 0 Å². The van der Waals surface area contributed by atoms with E-state index in [1.807, 2.05) is 0 Å². The van der Waals surface area contributed by atoms with Gasteiger partial charge in [0.25, 0.3) is 0 Å². The average Bonchev–Trinajstić information content (AvgIpc) is 1.85. The zero-order valence-electron chi connectivity index (χ0n) is 6.92. The maximum absolute atomic E-state index is 8.31. The normalized spacial score (nSPS) is 13.1. The molecule has 0 saturated heterocycles. The first kappa shape index (κ1) is 9.84. The topological polar surface area (TPSA) is 23.8 Å². The van der Waals surface area contributed by atoms with Gasteiger partial charge in [-0.2, -0.15) is 5.26 Å². The lowest BCUT2D eigenvalue weighted by Crippen LogP contribution is -1.97. The zero-order chi connectivity index (χ0) is 7.98. The average molecular weight is 157 g/mol. The van der Waals surface area contributed by atoms with Crippen molar-refractivity contribution in [1.29, 1.82) is 5.26 Å². The highest BCUT2D eigenvalue weighted by Crippen LogP contribution is 2.16. The van der Waals surface area contributed by atoms with Crippen LogP contribution in [-0.4, -0.2) is 5.25 Å². The molecular weight excluding hydrogens is 142 g/mol. The summed E-state index contributed by atoms with van der Waals surface area (Å²) in [7, 11) is 0. The number of nitriles is 1. The Kier molecular flexibility index (Phi) is 5.52. The maximum Gasteiger partial charge on any atom is 0.133 e.